The molecule has 0 spiro atoms. The van der Waals surface area contributed by atoms with Crippen LogP contribution in [0.3, 0.4) is 0 Å². The zero-order valence-corrected chi connectivity index (χ0v) is 13.8. The van der Waals surface area contributed by atoms with Crippen LogP contribution in [0.1, 0.15) is 15.9 Å². The molecule has 0 aromatic heterocycles. The Kier molecular flexibility index (Phi) is 5.99. The minimum atomic E-state index is 0.0300. The molecule has 0 atom stereocenters. The smallest absolute Gasteiger partial charge is 0.254 e. The number of carbonyl (C=O) groups is 1. The molecule has 0 aliphatic carbocycles. The van der Waals surface area contributed by atoms with Gasteiger partial charge in [0, 0.05) is 30.2 Å². The van der Waals surface area contributed by atoms with Gasteiger partial charge in [-0.05, 0) is 43.9 Å². The number of amides is 1. The van der Waals surface area contributed by atoms with Gasteiger partial charge in [0.25, 0.3) is 5.91 Å². The van der Waals surface area contributed by atoms with Gasteiger partial charge in [0.15, 0.2) is 0 Å². The van der Waals surface area contributed by atoms with E-state index in [-0.39, 0.29) is 5.91 Å². The topological polar surface area (TPSA) is 23.6 Å². The Hall–Kier alpha value is -1.84. The molecule has 2 aromatic carbocycles. The first-order chi connectivity index (χ1) is 10.6. The van der Waals surface area contributed by atoms with Gasteiger partial charge in [0.1, 0.15) is 0 Å². The van der Waals surface area contributed by atoms with Gasteiger partial charge in [-0.2, -0.15) is 0 Å². The molecule has 0 unspecified atom stereocenters. The minimum absolute atomic E-state index is 0.0300. The Bertz CT molecular complexity index is 596. The van der Waals surface area contributed by atoms with E-state index in [0.29, 0.717) is 23.7 Å². The van der Waals surface area contributed by atoms with Gasteiger partial charge in [-0.1, -0.05) is 41.9 Å². The van der Waals surface area contributed by atoms with Crippen molar-refractivity contribution in [2.24, 2.45) is 0 Å². The third-order valence-corrected chi connectivity index (χ3v) is 3.66. The summed E-state index contributed by atoms with van der Waals surface area (Å²) >= 11 is 5.90. The number of hydrogen-bond acceptors (Lipinski definition) is 2. The molecule has 0 saturated heterocycles. The number of carbonyl (C=O) groups excluding carboxylic acids is 1. The van der Waals surface area contributed by atoms with Crippen LogP contribution in [0, 0.1) is 0 Å². The summed E-state index contributed by atoms with van der Waals surface area (Å²) in [6.45, 7) is 2.12. The second-order valence-corrected chi connectivity index (χ2v) is 5.96. The van der Waals surface area contributed by atoms with Gasteiger partial charge in [-0.15, -0.1) is 0 Å². The van der Waals surface area contributed by atoms with Crippen LogP contribution in [0.15, 0.2) is 54.6 Å². The number of benzene rings is 2. The standard InChI is InChI=1S/C18H21ClN2O/c1-20(2)12-13-21(14-15-6-4-3-5-7-15)18(22)16-8-10-17(19)11-9-16/h3-11H,12-14H2,1-2H3. The summed E-state index contributed by atoms with van der Waals surface area (Å²) in [5.74, 6) is 0.0300. The van der Waals surface area contributed by atoms with Crippen molar-refractivity contribution in [3.8, 4) is 0 Å². The van der Waals surface area contributed by atoms with Crippen LogP contribution in [0.4, 0.5) is 0 Å². The third-order valence-electron chi connectivity index (χ3n) is 3.41. The lowest BCUT2D eigenvalue weighted by Gasteiger charge is -2.24. The lowest BCUT2D eigenvalue weighted by atomic mass is 10.1. The van der Waals surface area contributed by atoms with Crippen LogP contribution < -0.4 is 0 Å². The first kappa shape index (κ1) is 16.5. The van der Waals surface area contributed by atoms with E-state index in [1.807, 2.05) is 49.3 Å². The van der Waals surface area contributed by atoms with Crippen molar-refractivity contribution >= 4 is 17.5 Å². The van der Waals surface area contributed by atoms with E-state index in [1.54, 1.807) is 24.3 Å². The van der Waals surface area contributed by atoms with Crippen molar-refractivity contribution < 1.29 is 4.79 Å². The van der Waals surface area contributed by atoms with E-state index >= 15 is 0 Å². The molecule has 0 heterocycles. The first-order valence-corrected chi connectivity index (χ1v) is 7.67. The summed E-state index contributed by atoms with van der Waals surface area (Å²) in [5.41, 5.74) is 1.79. The summed E-state index contributed by atoms with van der Waals surface area (Å²) < 4.78 is 0. The van der Waals surface area contributed by atoms with Crippen molar-refractivity contribution in [1.82, 2.24) is 9.80 Å². The van der Waals surface area contributed by atoms with Gasteiger partial charge in [0.2, 0.25) is 0 Å². The second kappa shape index (κ2) is 7.97. The van der Waals surface area contributed by atoms with Crippen LogP contribution in [0.2, 0.25) is 5.02 Å². The molecule has 0 bridgehead atoms. The fraction of sp³-hybridized carbons (Fsp3) is 0.278. The average Bonchev–Trinajstić information content (AvgIpc) is 2.52. The number of rotatable bonds is 6. The first-order valence-electron chi connectivity index (χ1n) is 7.30. The van der Waals surface area contributed by atoms with E-state index in [4.69, 9.17) is 11.6 Å². The van der Waals surface area contributed by atoms with Crippen LogP contribution in [0.5, 0.6) is 0 Å². The number of halogens is 1. The Balaban J connectivity index is 2.15. The highest BCUT2D eigenvalue weighted by Crippen LogP contribution is 2.13. The Morgan fingerprint density at radius 1 is 0.955 bits per heavy atom. The van der Waals surface area contributed by atoms with Crippen molar-refractivity contribution in [1.29, 1.82) is 0 Å². The molecule has 0 radical (unpaired) electrons. The number of nitrogens with zero attached hydrogens (tertiary/aromatic N) is 2. The van der Waals surface area contributed by atoms with Gasteiger partial charge in [-0.25, -0.2) is 0 Å². The van der Waals surface area contributed by atoms with E-state index in [9.17, 15) is 4.79 Å². The van der Waals surface area contributed by atoms with Crippen molar-refractivity contribution in [2.75, 3.05) is 27.2 Å². The summed E-state index contributed by atoms with van der Waals surface area (Å²) in [5, 5.41) is 0.638. The monoisotopic (exact) mass is 316 g/mol. The molecular weight excluding hydrogens is 296 g/mol. The highest BCUT2D eigenvalue weighted by atomic mass is 35.5. The molecule has 4 heteroatoms. The SMILES string of the molecule is CN(C)CCN(Cc1ccccc1)C(=O)c1ccc(Cl)cc1. The van der Waals surface area contributed by atoms with E-state index < -0.39 is 0 Å². The highest BCUT2D eigenvalue weighted by Gasteiger charge is 2.16. The molecule has 0 saturated carbocycles. The van der Waals surface area contributed by atoms with E-state index in [1.165, 1.54) is 0 Å². The highest BCUT2D eigenvalue weighted by molar-refractivity contribution is 6.30. The Labute approximate surface area is 137 Å². The predicted octanol–water partition coefficient (Wildman–Crippen LogP) is 3.54. The lowest BCUT2D eigenvalue weighted by molar-refractivity contribution is 0.0732. The van der Waals surface area contributed by atoms with Gasteiger partial charge in [0.05, 0.1) is 0 Å². The van der Waals surface area contributed by atoms with Crippen LogP contribution in [0.25, 0.3) is 0 Å². The van der Waals surface area contributed by atoms with Crippen LogP contribution >= 0.6 is 11.6 Å². The zero-order valence-electron chi connectivity index (χ0n) is 13.0. The molecule has 1 amide bonds. The van der Waals surface area contributed by atoms with Gasteiger partial charge in [-0.3, -0.25) is 4.79 Å². The van der Waals surface area contributed by atoms with Crippen molar-refractivity contribution in [3.05, 3.63) is 70.7 Å². The molecule has 3 nitrogen and oxygen atoms in total. The lowest BCUT2D eigenvalue weighted by Crippen LogP contribution is -2.36. The van der Waals surface area contributed by atoms with Crippen molar-refractivity contribution in [3.63, 3.8) is 0 Å². The maximum atomic E-state index is 12.7. The maximum absolute atomic E-state index is 12.7. The normalized spacial score (nSPS) is 10.7. The number of hydrogen-bond donors (Lipinski definition) is 0. The largest absolute Gasteiger partial charge is 0.333 e. The molecule has 116 valence electrons. The van der Waals surface area contributed by atoms with Gasteiger partial charge >= 0.3 is 0 Å². The maximum Gasteiger partial charge on any atom is 0.254 e. The minimum Gasteiger partial charge on any atom is -0.333 e. The van der Waals surface area contributed by atoms with Crippen LogP contribution in [-0.4, -0.2) is 42.9 Å². The van der Waals surface area contributed by atoms with Crippen molar-refractivity contribution in [2.45, 2.75) is 6.54 Å². The third kappa shape index (κ3) is 4.86. The summed E-state index contributed by atoms with van der Waals surface area (Å²) in [4.78, 5) is 16.7. The second-order valence-electron chi connectivity index (χ2n) is 5.52. The van der Waals surface area contributed by atoms with E-state index in [2.05, 4.69) is 4.90 Å². The summed E-state index contributed by atoms with van der Waals surface area (Å²) in [7, 11) is 4.01. The molecule has 2 rings (SSSR count). The molecule has 2 aromatic rings. The fourth-order valence-electron chi connectivity index (χ4n) is 2.15. The Morgan fingerprint density at radius 2 is 1.59 bits per heavy atom. The summed E-state index contributed by atoms with van der Waals surface area (Å²) in [6.07, 6.45) is 0. The Morgan fingerprint density at radius 3 is 2.18 bits per heavy atom. The fourth-order valence-corrected chi connectivity index (χ4v) is 2.28. The summed E-state index contributed by atoms with van der Waals surface area (Å²) in [6, 6.07) is 17.1. The van der Waals surface area contributed by atoms with E-state index in [0.717, 1.165) is 12.1 Å². The molecule has 0 fully saturated rings. The quantitative estimate of drug-likeness (QED) is 0.813. The molecule has 0 aliphatic heterocycles. The number of likely N-dealkylation sites (N-methyl/N-ethyl adjacent to an activating group) is 1. The zero-order chi connectivity index (χ0) is 15.9. The molecular formula is C18H21ClN2O. The van der Waals surface area contributed by atoms with Crippen LogP contribution in [-0.2, 0) is 6.54 Å². The van der Waals surface area contributed by atoms with Gasteiger partial charge < -0.3 is 9.80 Å². The molecule has 0 N–H and O–H groups in total. The molecule has 22 heavy (non-hydrogen) atoms. The average molecular weight is 317 g/mol. The molecule has 0 aliphatic rings. The predicted molar refractivity (Wildman–Crippen MR) is 91.2 cm³/mol.